The molecule has 0 atom stereocenters. The van der Waals surface area contributed by atoms with Crippen LogP contribution in [0.3, 0.4) is 0 Å². The molecular weight excluding hydrogens is 220 g/mol. The fourth-order valence-electron chi connectivity index (χ4n) is 2.31. The molecule has 2 nitrogen and oxygen atoms in total. The van der Waals surface area contributed by atoms with Crippen molar-refractivity contribution in [1.82, 2.24) is 0 Å². The van der Waals surface area contributed by atoms with Crippen molar-refractivity contribution in [2.45, 2.75) is 19.3 Å². The van der Waals surface area contributed by atoms with Crippen LogP contribution in [0.2, 0.25) is 0 Å². The molecule has 0 saturated heterocycles. The summed E-state index contributed by atoms with van der Waals surface area (Å²) in [5.41, 5.74) is 8.30. The average Bonchev–Trinajstić information content (AvgIpc) is 2.46. The zero-order chi connectivity index (χ0) is 12.2. The Labute approximate surface area is 107 Å². The summed E-state index contributed by atoms with van der Waals surface area (Å²) in [6.45, 7) is 0. The molecule has 0 heterocycles. The number of para-hydroxylation sites is 1. The predicted octanol–water partition coefficient (Wildman–Crippen LogP) is 3.64. The number of aryl methyl sites for hydroxylation is 1. The molecule has 0 aliphatic heterocycles. The molecule has 2 heteroatoms. The van der Waals surface area contributed by atoms with Gasteiger partial charge in [-0.1, -0.05) is 42.5 Å². The molecule has 0 fully saturated rings. The Bertz CT molecular complexity index is 558. The minimum atomic E-state index is 0.968. The highest BCUT2D eigenvalue weighted by Crippen LogP contribution is 2.19. The van der Waals surface area contributed by atoms with E-state index in [1.807, 2.05) is 30.3 Å². The van der Waals surface area contributed by atoms with Gasteiger partial charge in [0.1, 0.15) is 0 Å². The van der Waals surface area contributed by atoms with E-state index < -0.39 is 0 Å². The quantitative estimate of drug-likeness (QED) is 0.791. The number of hydrazone groups is 1. The molecule has 18 heavy (non-hydrogen) atoms. The van der Waals surface area contributed by atoms with Crippen molar-refractivity contribution in [1.29, 1.82) is 0 Å². The van der Waals surface area contributed by atoms with E-state index in [4.69, 9.17) is 0 Å². The molecule has 0 unspecified atom stereocenters. The van der Waals surface area contributed by atoms with Crippen LogP contribution in [-0.2, 0) is 12.8 Å². The maximum atomic E-state index is 4.52. The zero-order valence-electron chi connectivity index (χ0n) is 10.3. The lowest BCUT2D eigenvalue weighted by Crippen LogP contribution is -2.15. The second-order valence-corrected chi connectivity index (χ2v) is 4.60. The van der Waals surface area contributed by atoms with Gasteiger partial charge in [-0.05, 0) is 36.1 Å². The van der Waals surface area contributed by atoms with Gasteiger partial charge < -0.3 is 0 Å². The second kappa shape index (κ2) is 5.05. The number of anilines is 1. The van der Waals surface area contributed by atoms with Crippen LogP contribution < -0.4 is 5.43 Å². The highest BCUT2D eigenvalue weighted by Gasteiger charge is 2.13. The fourth-order valence-corrected chi connectivity index (χ4v) is 2.31. The van der Waals surface area contributed by atoms with Gasteiger partial charge in [-0.2, -0.15) is 5.10 Å². The summed E-state index contributed by atoms with van der Waals surface area (Å²) in [4.78, 5) is 0. The molecular formula is C16H16N2. The van der Waals surface area contributed by atoms with Crippen molar-refractivity contribution in [3.63, 3.8) is 0 Å². The van der Waals surface area contributed by atoms with Gasteiger partial charge in [-0.25, -0.2) is 0 Å². The van der Waals surface area contributed by atoms with Gasteiger partial charge in [-0.15, -0.1) is 0 Å². The average molecular weight is 236 g/mol. The van der Waals surface area contributed by atoms with Crippen molar-refractivity contribution in [3.8, 4) is 0 Å². The fraction of sp³-hybridized carbons (Fsp3) is 0.188. The van der Waals surface area contributed by atoms with Crippen LogP contribution in [0.1, 0.15) is 17.5 Å². The molecule has 0 bridgehead atoms. The standard InChI is InChI=1S/C16H16N2/c1-2-8-15(9-3-1)17-18-16-11-10-13-6-4-5-7-14(13)12-16/h1-9,17H,10-12H2/b18-16+. The van der Waals surface area contributed by atoms with E-state index in [0.29, 0.717) is 0 Å². The van der Waals surface area contributed by atoms with Gasteiger partial charge in [0.05, 0.1) is 5.69 Å². The van der Waals surface area contributed by atoms with Crippen LogP contribution in [0.25, 0.3) is 0 Å². The highest BCUT2D eigenvalue weighted by molar-refractivity contribution is 5.89. The first-order valence-corrected chi connectivity index (χ1v) is 6.35. The summed E-state index contributed by atoms with van der Waals surface area (Å²) >= 11 is 0. The van der Waals surface area contributed by atoms with E-state index in [-0.39, 0.29) is 0 Å². The molecule has 2 aromatic rings. The number of fused-ring (bicyclic) bond motifs is 1. The monoisotopic (exact) mass is 236 g/mol. The Morgan fingerprint density at radius 2 is 1.50 bits per heavy atom. The molecule has 1 aliphatic carbocycles. The molecule has 1 aliphatic rings. The van der Waals surface area contributed by atoms with Crippen LogP contribution in [0.5, 0.6) is 0 Å². The van der Waals surface area contributed by atoms with E-state index >= 15 is 0 Å². The number of benzene rings is 2. The highest BCUT2D eigenvalue weighted by atomic mass is 15.3. The van der Waals surface area contributed by atoms with E-state index in [1.54, 1.807) is 0 Å². The lowest BCUT2D eigenvalue weighted by molar-refractivity contribution is 0.941. The van der Waals surface area contributed by atoms with Gasteiger partial charge in [0.25, 0.3) is 0 Å². The molecule has 90 valence electrons. The normalized spacial score (nSPS) is 16.3. The van der Waals surface area contributed by atoms with Crippen LogP contribution in [0, 0.1) is 0 Å². The van der Waals surface area contributed by atoms with Crippen molar-refractivity contribution in [2.24, 2.45) is 5.10 Å². The molecule has 2 aromatic carbocycles. The van der Waals surface area contributed by atoms with E-state index in [0.717, 1.165) is 24.9 Å². The molecule has 0 spiro atoms. The predicted molar refractivity (Wildman–Crippen MR) is 76.0 cm³/mol. The van der Waals surface area contributed by atoms with Gasteiger partial charge in [-0.3, -0.25) is 5.43 Å². The summed E-state index contributed by atoms with van der Waals surface area (Å²) in [6.07, 6.45) is 3.12. The SMILES string of the molecule is c1ccc(N/N=C2\CCc3ccccc3C2)cc1. The first-order chi connectivity index (χ1) is 8.92. The summed E-state index contributed by atoms with van der Waals surface area (Å²) in [5, 5.41) is 4.52. The summed E-state index contributed by atoms with van der Waals surface area (Å²) in [6, 6.07) is 18.7. The molecule has 1 N–H and O–H groups in total. The first-order valence-electron chi connectivity index (χ1n) is 6.35. The van der Waals surface area contributed by atoms with E-state index in [1.165, 1.54) is 16.8 Å². The third-order valence-electron chi connectivity index (χ3n) is 3.31. The molecule has 0 amide bonds. The minimum Gasteiger partial charge on any atom is -0.279 e. The number of hydrogen-bond donors (Lipinski definition) is 1. The smallest absolute Gasteiger partial charge is 0.0561 e. The molecule has 3 rings (SSSR count). The lowest BCUT2D eigenvalue weighted by Gasteiger charge is -2.17. The summed E-state index contributed by atoms with van der Waals surface area (Å²) in [7, 11) is 0. The Morgan fingerprint density at radius 3 is 2.33 bits per heavy atom. The van der Waals surface area contributed by atoms with Crippen LogP contribution in [0.4, 0.5) is 5.69 Å². The van der Waals surface area contributed by atoms with Crippen LogP contribution in [-0.4, -0.2) is 5.71 Å². The lowest BCUT2D eigenvalue weighted by atomic mass is 9.90. The van der Waals surface area contributed by atoms with E-state index in [9.17, 15) is 0 Å². The topological polar surface area (TPSA) is 24.4 Å². The van der Waals surface area contributed by atoms with Gasteiger partial charge in [0.15, 0.2) is 0 Å². The Morgan fingerprint density at radius 1 is 0.778 bits per heavy atom. The van der Waals surface area contributed by atoms with Gasteiger partial charge in [0.2, 0.25) is 0 Å². The number of nitrogens with one attached hydrogen (secondary N) is 1. The zero-order valence-corrected chi connectivity index (χ0v) is 10.3. The third kappa shape index (κ3) is 2.43. The first kappa shape index (κ1) is 11.0. The van der Waals surface area contributed by atoms with Crippen molar-refractivity contribution >= 4 is 11.4 Å². The van der Waals surface area contributed by atoms with E-state index in [2.05, 4.69) is 34.8 Å². The largest absolute Gasteiger partial charge is 0.279 e. The Balaban J connectivity index is 1.72. The van der Waals surface area contributed by atoms with Gasteiger partial charge >= 0.3 is 0 Å². The van der Waals surface area contributed by atoms with Crippen molar-refractivity contribution in [3.05, 3.63) is 65.7 Å². The van der Waals surface area contributed by atoms with Crippen LogP contribution in [0.15, 0.2) is 59.7 Å². The van der Waals surface area contributed by atoms with Crippen molar-refractivity contribution in [2.75, 3.05) is 5.43 Å². The molecule has 0 aromatic heterocycles. The van der Waals surface area contributed by atoms with Gasteiger partial charge in [0, 0.05) is 12.1 Å². The number of hydrogen-bond acceptors (Lipinski definition) is 2. The Kier molecular flexibility index (Phi) is 3.09. The third-order valence-corrected chi connectivity index (χ3v) is 3.31. The maximum absolute atomic E-state index is 4.52. The van der Waals surface area contributed by atoms with Crippen LogP contribution >= 0.6 is 0 Å². The number of rotatable bonds is 2. The molecule has 0 radical (unpaired) electrons. The summed E-state index contributed by atoms with van der Waals surface area (Å²) in [5.74, 6) is 0. The molecule has 0 saturated carbocycles. The number of nitrogens with zero attached hydrogens (tertiary/aromatic N) is 1. The minimum absolute atomic E-state index is 0.968. The van der Waals surface area contributed by atoms with Crippen molar-refractivity contribution < 1.29 is 0 Å². The maximum Gasteiger partial charge on any atom is 0.0561 e. The Hall–Kier alpha value is -2.09. The second-order valence-electron chi connectivity index (χ2n) is 4.60. The summed E-state index contributed by atoms with van der Waals surface area (Å²) < 4.78 is 0.